The van der Waals surface area contributed by atoms with Gasteiger partial charge in [-0.05, 0) is 89.5 Å². The number of pyridine rings is 1. The second-order valence-corrected chi connectivity index (χ2v) is 11.6. The van der Waals surface area contributed by atoms with Gasteiger partial charge < -0.3 is 13.4 Å². The van der Waals surface area contributed by atoms with E-state index in [9.17, 15) is 0 Å². The average Bonchev–Trinajstić information content (AvgIpc) is 3.76. The van der Waals surface area contributed by atoms with E-state index in [0.29, 0.717) is 0 Å². The SMILES string of the molecule is c1cncc(-c2ccc3oc4ccc(-n5c6ccccc6c6cc(-c7ccc8c(c7)oc7ccccc78)ccc65)cc4c3c2)c1. The van der Waals surface area contributed by atoms with E-state index in [0.717, 1.165) is 77.3 Å². The Morgan fingerprint density at radius 3 is 1.96 bits per heavy atom. The third-order valence-corrected chi connectivity index (χ3v) is 9.09. The summed E-state index contributed by atoms with van der Waals surface area (Å²) >= 11 is 0. The van der Waals surface area contributed by atoms with Crippen LogP contribution in [-0.2, 0) is 0 Å². The minimum Gasteiger partial charge on any atom is -0.456 e. The minimum absolute atomic E-state index is 0.876. The van der Waals surface area contributed by atoms with E-state index in [1.165, 1.54) is 16.3 Å². The zero-order chi connectivity index (χ0) is 29.5. The third-order valence-electron chi connectivity index (χ3n) is 9.09. The van der Waals surface area contributed by atoms with Gasteiger partial charge in [0.25, 0.3) is 0 Å². The van der Waals surface area contributed by atoms with Crippen molar-refractivity contribution in [3.63, 3.8) is 0 Å². The Hall–Kier alpha value is -6.13. The lowest BCUT2D eigenvalue weighted by Gasteiger charge is -2.09. The van der Waals surface area contributed by atoms with Gasteiger partial charge in [-0.2, -0.15) is 0 Å². The highest BCUT2D eigenvalue weighted by Crippen LogP contribution is 2.39. The van der Waals surface area contributed by atoms with E-state index in [4.69, 9.17) is 8.83 Å². The second-order valence-electron chi connectivity index (χ2n) is 11.6. The zero-order valence-electron chi connectivity index (χ0n) is 24.1. The van der Waals surface area contributed by atoms with Crippen LogP contribution >= 0.6 is 0 Å². The molecule has 0 unspecified atom stereocenters. The topological polar surface area (TPSA) is 44.1 Å². The van der Waals surface area contributed by atoms with Gasteiger partial charge >= 0.3 is 0 Å². The van der Waals surface area contributed by atoms with Crippen molar-refractivity contribution in [2.45, 2.75) is 0 Å². The molecular formula is C41H24N2O2. The number of benzene rings is 6. The Kier molecular flexibility index (Phi) is 4.96. The van der Waals surface area contributed by atoms with E-state index >= 15 is 0 Å². The summed E-state index contributed by atoms with van der Waals surface area (Å²) in [6.45, 7) is 0. The monoisotopic (exact) mass is 576 g/mol. The van der Waals surface area contributed by atoms with Crippen molar-refractivity contribution < 1.29 is 8.83 Å². The van der Waals surface area contributed by atoms with Crippen LogP contribution in [0.15, 0.2) is 155 Å². The van der Waals surface area contributed by atoms with Crippen molar-refractivity contribution in [1.29, 1.82) is 0 Å². The largest absolute Gasteiger partial charge is 0.456 e. The molecule has 4 heterocycles. The molecule has 0 amide bonds. The molecule has 210 valence electrons. The van der Waals surface area contributed by atoms with Crippen molar-refractivity contribution in [3.05, 3.63) is 146 Å². The van der Waals surface area contributed by atoms with Crippen molar-refractivity contribution in [3.8, 4) is 27.9 Å². The fourth-order valence-electron chi connectivity index (χ4n) is 6.95. The first-order chi connectivity index (χ1) is 22.3. The lowest BCUT2D eigenvalue weighted by atomic mass is 10.0. The standard InChI is InChI=1S/C41H24N2O2/c1-3-9-36-30(7-1)33-20-25(27-11-15-32-31-8-2-4-10-38(31)45-41(32)22-27)12-16-37(33)43(36)29-14-18-40-35(23-29)34-21-26(13-17-39(34)44-40)28-6-5-19-42-24-28/h1-24H. The fourth-order valence-corrected chi connectivity index (χ4v) is 6.95. The number of furan rings is 2. The van der Waals surface area contributed by atoms with Crippen molar-refractivity contribution in [1.82, 2.24) is 9.55 Å². The van der Waals surface area contributed by atoms with Gasteiger partial charge in [0.15, 0.2) is 0 Å². The molecular weight excluding hydrogens is 552 g/mol. The molecule has 4 heteroatoms. The lowest BCUT2D eigenvalue weighted by Crippen LogP contribution is -1.93. The molecule has 0 bridgehead atoms. The molecule has 45 heavy (non-hydrogen) atoms. The zero-order valence-corrected chi connectivity index (χ0v) is 24.1. The van der Waals surface area contributed by atoms with Gasteiger partial charge in [0, 0.05) is 56.0 Å². The van der Waals surface area contributed by atoms with E-state index in [1.807, 2.05) is 24.4 Å². The summed E-state index contributed by atoms with van der Waals surface area (Å²) in [5.41, 5.74) is 11.5. The number of fused-ring (bicyclic) bond motifs is 9. The van der Waals surface area contributed by atoms with Gasteiger partial charge in [-0.3, -0.25) is 4.98 Å². The predicted molar refractivity (Wildman–Crippen MR) is 184 cm³/mol. The molecule has 4 aromatic heterocycles. The van der Waals surface area contributed by atoms with Crippen LogP contribution < -0.4 is 0 Å². The number of rotatable bonds is 3. The van der Waals surface area contributed by atoms with Crippen molar-refractivity contribution >= 4 is 65.7 Å². The second kappa shape index (κ2) is 9.18. The molecule has 0 fully saturated rings. The number of nitrogens with zero attached hydrogens (tertiary/aromatic N) is 2. The Balaban J connectivity index is 1.15. The molecule has 0 aliphatic carbocycles. The minimum atomic E-state index is 0.876. The molecule has 0 saturated carbocycles. The van der Waals surface area contributed by atoms with Crippen LogP contribution in [-0.4, -0.2) is 9.55 Å². The molecule has 10 aromatic rings. The van der Waals surface area contributed by atoms with Gasteiger partial charge in [0.2, 0.25) is 0 Å². The van der Waals surface area contributed by atoms with E-state index in [-0.39, 0.29) is 0 Å². The molecule has 0 spiro atoms. The summed E-state index contributed by atoms with van der Waals surface area (Å²) in [5, 5.41) is 6.90. The molecule has 0 atom stereocenters. The number of aromatic nitrogens is 2. The highest BCUT2D eigenvalue weighted by molar-refractivity contribution is 6.12. The van der Waals surface area contributed by atoms with Crippen molar-refractivity contribution in [2.75, 3.05) is 0 Å². The lowest BCUT2D eigenvalue weighted by molar-refractivity contribution is 0.668. The van der Waals surface area contributed by atoms with Gasteiger partial charge in [0.05, 0.1) is 11.0 Å². The summed E-state index contributed by atoms with van der Waals surface area (Å²) in [7, 11) is 0. The van der Waals surface area contributed by atoms with Crippen molar-refractivity contribution in [2.24, 2.45) is 0 Å². The smallest absolute Gasteiger partial charge is 0.136 e. The van der Waals surface area contributed by atoms with Gasteiger partial charge in [-0.1, -0.05) is 60.7 Å². The number of hydrogen-bond donors (Lipinski definition) is 0. The molecule has 0 aliphatic heterocycles. The molecule has 0 aliphatic rings. The van der Waals surface area contributed by atoms with Gasteiger partial charge in [0.1, 0.15) is 22.3 Å². The first-order valence-electron chi connectivity index (χ1n) is 15.1. The van der Waals surface area contributed by atoms with Crippen LogP contribution in [0.5, 0.6) is 0 Å². The van der Waals surface area contributed by atoms with E-state index in [1.54, 1.807) is 6.20 Å². The first-order valence-corrected chi connectivity index (χ1v) is 15.1. The van der Waals surface area contributed by atoms with Crippen LogP contribution in [0.2, 0.25) is 0 Å². The molecule has 6 aromatic carbocycles. The summed E-state index contributed by atoms with van der Waals surface area (Å²) in [6.07, 6.45) is 3.70. The molecule has 10 rings (SSSR count). The maximum atomic E-state index is 6.27. The number of para-hydroxylation sites is 2. The molecule has 0 N–H and O–H groups in total. The normalized spacial score (nSPS) is 12.0. The van der Waals surface area contributed by atoms with Crippen LogP contribution in [0, 0.1) is 0 Å². The Bertz CT molecular complexity index is 2760. The third kappa shape index (κ3) is 3.63. The first kappa shape index (κ1) is 24.3. The highest BCUT2D eigenvalue weighted by Gasteiger charge is 2.16. The Morgan fingerprint density at radius 1 is 0.400 bits per heavy atom. The highest BCUT2D eigenvalue weighted by atomic mass is 16.3. The van der Waals surface area contributed by atoms with Crippen LogP contribution in [0.4, 0.5) is 0 Å². The predicted octanol–water partition coefficient (Wildman–Crippen LogP) is 11.3. The maximum absolute atomic E-state index is 6.27. The van der Waals surface area contributed by atoms with Crippen LogP contribution in [0.1, 0.15) is 0 Å². The molecule has 0 saturated heterocycles. The summed E-state index contributed by atoms with van der Waals surface area (Å²) in [5.74, 6) is 0. The maximum Gasteiger partial charge on any atom is 0.136 e. The summed E-state index contributed by atoms with van der Waals surface area (Å²) in [6, 6.07) is 47.1. The van der Waals surface area contributed by atoms with Crippen LogP contribution in [0.25, 0.3) is 93.6 Å². The van der Waals surface area contributed by atoms with E-state index < -0.39 is 0 Å². The summed E-state index contributed by atoms with van der Waals surface area (Å²) in [4.78, 5) is 4.31. The molecule has 4 nitrogen and oxygen atoms in total. The molecule has 0 radical (unpaired) electrons. The summed E-state index contributed by atoms with van der Waals surface area (Å²) < 4.78 is 14.8. The number of hydrogen-bond acceptors (Lipinski definition) is 3. The van der Waals surface area contributed by atoms with E-state index in [2.05, 4.69) is 125 Å². The van der Waals surface area contributed by atoms with Gasteiger partial charge in [-0.15, -0.1) is 0 Å². The quantitative estimate of drug-likeness (QED) is 0.210. The Labute approximate surface area is 257 Å². The fraction of sp³-hybridized carbons (Fsp3) is 0. The average molecular weight is 577 g/mol. The Morgan fingerprint density at radius 2 is 1.04 bits per heavy atom. The van der Waals surface area contributed by atoms with Crippen LogP contribution in [0.3, 0.4) is 0 Å². The van der Waals surface area contributed by atoms with Gasteiger partial charge in [-0.25, -0.2) is 0 Å².